The first-order valence-corrected chi connectivity index (χ1v) is 5.59. The third-order valence-corrected chi connectivity index (χ3v) is 2.30. The summed E-state index contributed by atoms with van der Waals surface area (Å²) in [4.78, 5) is 2.46. The Balaban J connectivity index is 1.97. The zero-order chi connectivity index (χ0) is 10.4. The minimum absolute atomic E-state index is 0.295. The van der Waals surface area contributed by atoms with E-state index in [9.17, 15) is 0 Å². The van der Waals surface area contributed by atoms with Crippen LogP contribution in [-0.4, -0.2) is 50.8 Å². The van der Waals surface area contributed by atoms with Crippen LogP contribution in [0.1, 0.15) is 20.8 Å². The van der Waals surface area contributed by atoms with Gasteiger partial charge in [0.2, 0.25) is 0 Å². The van der Waals surface area contributed by atoms with Crippen LogP contribution in [0.5, 0.6) is 0 Å². The second kappa shape index (κ2) is 5.69. The molecule has 0 unspecified atom stereocenters. The van der Waals surface area contributed by atoms with Gasteiger partial charge in [-0.25, -0.2) is 0 Å². The number of piperazine rings is 1. The molecule has 14 heavy (non-hydrogen) atoms. The summed E-state index contributed by atoms with van der Waals surface area (Å²) in [6.07, 6.45) is 0. The van der Waals surface area contributed by atoms with Crippen molar-refractivity contribution in [3.05, 3.63) is 0 Å². The maximum absolute atomic E-state index is 5.64. The summed E-state index contributed by atoms with van der Waals surface area (Å²) < 4.78 is 5.64. The molecule has 0 aromatic carbocycles. The minimum Gasteiger partial charge on any atom is -0.380 e. The van der Waals surface area contributed by atoms with E-state index in [1.807, 2.05) is 0 Å². The SMILES string of the molecule is CC(C)(C)COCCN1CCNCC1. The second-order valence-electron chi connectivity index (χ2n) is 5.20. The first-order valence-electron chi connectivity index (χ1n) is 5.59. The standard InChI is InChI=1S/C11H24N2O/c1-11(2,3)10-14-9-8-13-6-4-12-5-7-13/h12H,4-10H2,1-3H3. The third kappa shape index (κ3) is 5.58. The molecule has 0 aliphatic carbocycles. The summed E-state index contributed by atoms with van der Waals surface area (Å²) in [5.74, 6) is 0. The highest BCUT2D eigenvalue weighted by Crippen LogP contribution is 2.12. The average Bonchev–Trinajstić information content (AvgIpc) is 2.13. The van der Waals surface area contributed by atoms with Gasteiger partial charge in [0.05, 0.1) is 13.2 Å². The first kappa shape index (κ1) is 12.0. The van der Waals surface area contributed by atoms with Crippen LogP contribution < -0.4 is 5.32 Å². The number of nitrogens with zero attached hydrogens (tertiary/aromatic N) is 1. The fraction of sp³-hybridized carbons (Fsp3) is 1.00. The Morgan fingerprint density at radius 2 is 1.86 bits per heavy atom. The summed E-state index contributed by atoms with van der Waals surface area (Å²) in [5.41, 5.74) is 0.295. The van der Waals surface area contributed by atoms with E-state index >= 15 is 0 Å². The topological polar surface area (TPSA) is 24.5 Å². The van der Waals surface area contributed by atoms with Crippen LogP contribution in [0, 0.1) is 5.41 Å². The second-order valence-corrected chi connectivity index (χ2v) is 5.20. The van der Waals surface area contributed by atoms with Gasteiger partial charge in [-0.05, 0) is 5.41 Å². The van der Waals surface area contributed by atoms with E-state index in [1.54, 1.807) is 0 Å². The fourth-order valence-electron chi connectivity index (χ4n) is 1.51. The van der Waals surface area contributed by atoms with Crippen LogP contribution in [-0.2, 0) is 4.74 Å². The van der Waals surface area contributed by atoms with Gasteiger partial charge >= 0.3 is 0 Å². The van der Waals surface area contributed by atoms with E-state index in [2.05, 4.69) is 31.0 Å². The van der Waals surface area contributed by atoms with Gasteiger partial charge < -0.3 is 10.1 Å². The molecule has 0 aromatic heterocycles. The van der Waals surface area contributed by atoms with Crippen molar-refractivity contribution in [3.8, 4) is 0 Å². The number of hydrogen-bond acceptors (Lipinski definition) is 3. The van der Waals surface area contributed by atoms with Gasteiger partial charge in [-0.1, -0.05) is 20.8 Å². The van der Waals surface area contributed by atoms with Gasteiger partial charge in [0.1, 0.15) is 0 Å². The highest BCUT2D eigenvalue weighted by molar-refractivity contribution is 4.67. The van der Waals surface area contributed by atoms with E-state index < -0.39 is 0 Å². The number of nitrogens with one attached hydrogen (secondary N) is 1. The Labute approximate surface area is 87.8 Å². The summed E-state index contributed by atoms with van der Waals surface area (Å²) in [5, 5.41) is 3.35. The molecule has 1 saturated heterocycles. The van der Waals surface area contributed by atoms with Crippen molar-refractivity contribution in [2.24, 2.45) is 5.41 Å². The monoisotopic (exact) mass is 200 g/mol. The van der Waals surface area contributed by atoms with Crippen molar-refractivity contribution in [1.82, 2.24) is 10.2 Å². The molecule has 0 saturated carbocycles. The molecule has 0 amide bonds. The quantitative estimate of drug-likeness (QED) is 0.684. The molecule has 1 aliphatic rings. The van der Waals surface area contributed by atoms with E-state index in [-0.39, 0.29) is 0 Å². The smallest absolute Gasteiger partial charge is 0.0593 e. The maximum atomic E-state index is 5.64. The molecule has 0 radical (unpaired) electrons. The van der Waals surface area contributed by atoms with Gasteiger partial charge in [-0.15, -0.1) is 0 Å². The lowest BCUT2D eigenvalue weighted by Crippen LogP contribution is -2.44. The maximum Gasteiger partial charge on any atom is 0.0593 e. The zero-order valence-corrected chi connectivity index (χ0v) is 9.81. The molecule has 0 aromatic rings. The van der Waals surface area contributed by atoms with Crippen molar-refractivity contribution in [2.75, 3.05) is 45.9 Å². The first-order chi connectivity index (χ1) is 6.58. The van der Waals surface area contributed by atoms with Crippen molar-refractivity contribution in [2.45, 2.75) is 20.8 Å². The van der Waals surface area contributed by atoms with Crippen molar-refractivity contribution >= 4 is 0 Å². The van der Waals surface area contributed by atoms with Gasteiger partial charge in [-0.2, -0.15) is 0 Å². The molecule has 0 spiro atoms. The summed E-state index contributed by atoms with van der Waals surface area (Å²) in [6.45, 7) is 14.0. The molecule has 3 heteroatoms. The van der Waals surface area contributed by atoms with E-state index in [4.69, 9.17) is 4.74 Å². The molecular weight excluding hydrogens is 176 g/mol. The summed E-state index contributed by atoms with van der Waals surface area (Å²) in [7, 11) is 0. The molecular formula is C11H24N2O. The molecule has 1 aliphatic heterocycles. The normalized spacial score (nSPS) is 19.9. The lowest BCUT2D eigenvalue weighted by Gasteiger charge is -2.27. The lowest BCUT2D eigenvalue weighted by molar-refractivity contribution is 0.0526. The van der Waals surface area contributed by atoms with Gasteiger partial charge in [0.25, 0.3) is 0 Å². The minimum atomic E-state index is 0.295. The van der Waals surface area contributed by atoms with Gasteiger partial charge in [-0.3, -0.25) is 4.90 Å². The molecule has 1 heterocycles. The molecule has 1 N–H and O–H groups in total. The predicted molar refractivity (Wildman–Crippen MR) is 59.6 cm³/mol. The largest absolute Gasteiger partial charge is 0.380 e. The van der Waals surface area contributed by atoms with Crippen LogP contribution in [0.25, 0.3) is 0 Å². The summed E-state index contributed by atoms with van der Waals surface area (Å²) in [6, 6.07) is 0. The Bertz CT molecular complexity index is 148. The predicted octanol–water partition coefficient (Wildman–Crippen LogP) is 0.954. The van der Waals surface area contributed by atoms with Gasteiger partial charge in [0.15, 0.2) is 0 Å². The Hall–Kier alpha value is -0.120. The van der Waals surface area contributed by atoms with E-state index in [0.29, 0.717) is 5.41 Å². The zero-order valence-electron chi connectivity index (χ0n) is 9.81. The van der Waals surface area contributed by atoms with Crippen molar-refractivity contribution in [3.63, 3.8) is 0 Å². The molecule has 3 nitrogen and oxygen atoms in total. The summed E-state index contributed by atoms with van der Waals surface area (Å²) >= 11 is 0. The number of rotatable bonds is 4. The van der Waals surface area contributed by atoms with Crippen molar-refractivity contribution in [1.29, 1.82) is 0 Å². The highest BCUT2D eigenvalue weighted by atomic mass is 16.5. The van der Waals surface area contributed by atoms with Crippen LogP contribution in [0.4, 0.5) is 0 Å². The molecule has 0 bridgehead atoms. The van der Waals surface area contributed by atoms with Crippen molar-refractivity contribution < 1.29 is 4.74 Å². The number of ether oxygens (including phenoxy) is 1. The van der Waals surface area contributed by atoms with Crippen LogP contribution in [0.2, 0.25) is 0 Å². The molecule has 1 fully saturated rings. The van der Waals surface area contributed by atoms with E-state index in [0.717, 1.165) is 32.8 Å². The van der Waals surface area contributed by atoms with Crippen LogP contribution in [0.15, 0.2) is 0 Å². The highest BCUT2D eigenvalue weighted by Gasteiger charge is 2.11. The Kier molecular flexibility index (Phi) is 4.85. The molecule has 84 valence electrons. The third-order valence-electron chi connectivity index (χ3n) is 2.30. The molecule has 1 rings (SSSR count). The number of hydrogen-bond donors (Lipinski definition) is 1. The Morgan fingerprint density at radius 1 is 1.21 bits per heavy atom. The molecule has 0 atom stereocenters. The van der Waals surface area contributed by atoms with Crippen LogP contribution in [0.3, 0.4) is 0 Å². The van der Waals surface area contributed by atoms with Crippen LogP contribution >= 0.6 is 0 Å². The lowest BCUT2D eigenvalue weighted by atomic mass is 9.99. The van der Waals surface area contributed by atoms with Gasteiger partial charge in [0, 0.05) is 32.7 Å². The Morgan fingerprint density at radius 3 is 2.43 bits per heavy atom. The fourth-order valence-corrected chi connectivity index (χ4v) is 1.51. The average molecular weight is 200 g/mol. The van der Waals surface area contributed by atoms with E-state index in [1.165, 1.54) is 13.1 Å².